The lowest BCUT2D eigenvalue weighted by molar-refractivity contribution is 0.0726. The Morgan fingerprint density at radius 2 is 1.15 bits per heavy atom. The van der Waals surface area contributed by atoms with Gasteiger partial charge in [0, 0.05) is 48.8 Å². The average Bonchev–Trinajstić information content (AvgIpc) is 2.85. The Hall–Kier alpha value is -1.91. The van der Waals surface area contributed by atoms with Gasteiger partial charge in [-0.2, -0.15) is 0 Å². The number of thiocarbonyl (C=S) groups is 1. The highest BCUT2D eigenvalue weighted by atomic mass is 32.3. The number of carbonyl (C=O) groups excluding carboxylic acids is 2. The third kappa shape index (κ3) is 8.09. The van der Waals surface area contributed by atoms with Crippen molar-refractivity contribution in [2.24, 2.45) is 0 Å². The molecule has 34 heavy (non-hydrogen) atoms. The molecule has 0 unspecified atom stereocenters. The number of aliphatic hydroxyl groups is 2. The first-order chi connectivity index (χ1) is 16.3. The summed E-state index contributed by atoms with van der Waals surface area (Å²) < 4.78 is 0.676. The molecule has 0 aliphatic heterocycles. The number of hydrogen-bond donors (Lipinski definition) is 4. The summed E-state index contributed by atoms with van der Waals surface area (Å²) >= 11 is 9.91. The zero-order chi connectivity index (χ0) is 25.1. The molecule has 0 fully saturated rings. The largest absolute Gasteiger partial charge is 0.395 e. The molecule has 2 aromatic carbocycles. The summed E-state index contributed by atoms with van der Waals surface area (Å²) in [6, 6.07) is 15.1. The topological polar surface area (TPSA) is 81.1 Å². The van der Waals surface area contributed by atoms with Gasteiger partial charge in [0.05, 0.1) is 16.7 Å². The summed E-state index contributed by atoms with van der Waals surface area (Å²) in [7, 11) is -0.726. The normalized spacial score (nSPS) is 11.1. The lowest BCUT2D eigenvalue weighted by Crippen LogP contribution is -2.33. The van der Waals surface area contributed by atoms with Crippen molar-refractivity contribution in [1.82, 2.24) is 9.80 Å². The smallest absolute Gasteiger partial charge is 0.253 e. The maximum absolute atomic E-state index is 12.6. The minimum absolute atomic E-state index is 0.0595. The fraction of sp³-hybridized carbons (Fsp3) is 0.400. The predicted molar refractivity (Wildman–Crippen MR) is 148 cm³/mol. The summed E-state index contributed by atoms with van der Waals surface area (Å²) in [5, 5.41) is 18.3. The minimum Gasteiger partial charge on any atom is -0.395 e. The monoisotopic (exact) mass is 522 g/mol. The molecule has 2 N–H and O–H groups in total. The lowest BCUT2D eigenvalue weighted by atomic mass is 10.1. The number of carbonyl (C=O) groups is 2. The SMILES string of the molecule is CCN(CCO)C(=O)c1ccc(C[SH](Cc2ccc(C(=O)N(CC)CCO)cc2)C(=S)S)cc1. The lowest BCUT2D eigenvalue weighted by Gasteiger charge is -2.22. The maximum atomic E-state index is 12.6. The van der Waals surface area contributed by atoms with Crippen molar-refractivity contribution in [3.05, 3.63) is 70.8 Å². The highest BCUT2D eigenvalue weighted by Gasteiger charge is 2.16. The summed E-state index contributed by atoms with van der Waals surface area (Å²) in [4.78, 5) is 28.4. The molecule has 9 heteroatoms. The van der Waals surface area contributed by atoms with E-state index < -0.39 is 10.9 Å². The van der Waals surface area contributed by atoms with Gasteiger partial charge in [-0.15, -0.1) is 12.6 Å². The number of hydrogen-bond acceptors (Lipinski definition) is 5. The van der Waals surface area contributed by atoms with Gasteiger partial charge in [-0.05, 0) is 49.2 Å². The first-order valence-corrected chi connectivity index (χ1v) is 13.9. The number of likely N-dealkylation sites (N-methyl/N-ethyl adjacent to an activating group) is 2. The van der Waals surface area contributed by atoms with Gasteiger partial charge in [0.25, 0.3) is 11.8 Å². The van der Waals surface area contributed by atoms with Crippen LogP contribution in [0.25, 0.3) is 0 Å². The summed E-state index contributed by atoms with van der Waals surface area (Å²) in [6.07, 6.45) is 0. The number of nitrogens with zero attached hydrogens (tertiary/aromatic N) is 2. The molecule has 0 aliphatic carbocycles. The van der Waals surface area contributed by atoms with Gasteiger partial charge >= 0.3 is 0 Å². The second-order valence-corrected chi connectivity index (χ2v) is 11.7. The number of benzene rings is 2. The molecule has 2 amide bonds. The van der Waals surface area contributed by atoms with Crippen molar-refractivity contribution in [2.45, 2.75) is 25.4 Å². The maximum Gasteiger partial charge on any atom is 0.253 e. The molecule has 0 spiro atoms. The second kappa shape index (κ2) is 14.5. The highest BCUT2D eigenvalue weighted by molar-refractivity contribution is 8.49. The Morgan fingerprint density at radius 3 is 1.41 bits per heavy atom. The van der Waals surface area contributed by atoms with Crippen molar-refractivity contribution in [3.63, 3.8) is 0 Å². The van der Waals surface area contributed by atoms with Gasteiger partial charge < -0.3 is 20.0 Å². The molecule has 0 heterocycles. The van der Waals surface area contributed by atoms with Crippen LogP contribution in [0.1, 0.15) is 45.7 Å². The molecule has 0 atom stereocenters. The first kappa shape index (κ1) is 28.3. The van der Waals surface area contributed by atoms with E-state index in [0.29, 0.717) is 40.8 Å². The van der Waals surface area contributed by atoms with Gasteiger partial charge in [-0.3, -0.25) is 9.59 Å². The first-order valence-electron chi connectivity index (χ1n) is 11.3. The summed E-state index contributed by atoms with van der Waals surface area (Å²) in [5.41, 5.74) is 3.36. The van der Waals surface area contributed by atoms with E-state index in [2.05, 4.69) is 12.6 Å². The Kier molecular flexibility index (Phi) is 12.1. The fourth-order valence-corrected chi connectivity index (χ4v) is 6.05. The third-order valence-corrected chi connectivity index (χ3v) is 9.15. The predicted octanol–water partition coefficient (Wildman–Crippen LogP) is 3.51. The van der Waals surface area contributed by atoms with E-state index in [-0.39, 0.29) is 25.0 Å². The molecule has 0 saturated heterocycles. The van der Waals surface area contributed by atoms with Crippen LogP contribution < -0.4 is 0 Å². The van der Waals surface area contributed by atoms with Gasteiger partial charge in [-0.1, -0.05) is 36.5 Å². The molecular formula is C25H34N2O4S3. The number of rotatable bonds is 12. The van der Waals surface area contributed by atoms with E-state index in [0.717, 1.165) is 22.6 Å². The van der Waals surface area contributed by atoms with Crippen molar-refractivity contribution in [2.75, 3.05) is 39.4 Å². The van der Waals surface area contributed by atoms with Crippen LogP contribution in [0, 0.1) is 0 Å². The van der Waals surface area contributed by atoms with Crippen LogP contribution in [0.5, 0.6) is 0 Å². The fourth-order valence-electron chi connectivity index (χ4n) is 3.55. The summed E-state index contributed by atoms with van der Waals surface area (Å²) in [5.74, 6) is 1.32. The number of thiol groups is 2. The molecule has 0 aliphatic rings. The second-order valence-electron chi connectivity index (χ2n) is 7.75. The van der Waals surface area contributed by atoms with E-state index in [1.807, 2.05) is 62.4 Å². The van der Waals surface area contributed by atoms with Crippen LogP contribution in [0.4, 0.5) is 0 Å². The molecule has 0 aromatic heterocycles. The van der Waals surface area contributed by atoms with Crippen LogP contribution in [0.2, 0.25) is 0 Å². The van der Waals surface area contributed by atoms with Gasteiger partial charge in [0.2, 0.25) is 0 Å². The van der Waals surface area contributed by atoms with Crippen molar-refractivity contribution < 1.29 is 19.8 Å². The Labute approximate surface area is 215 Å². The molecule has 6 nitrogen and oxygen atoms in total. The van der Waals surface area contributed by atoms with Gasteiger partial charge in [0.15, 0.2) is 0 Å². The van der Waals surface area contributed by atoms with Crippen LogP contribution in [0.3, 0.4) is 0 Å². The molecule has 0 bridgehead atoms. The number of aliphatic hydroxyl groups excluding tert-OH is 2. The summed E-state index contributed by atoms with van der Waals surface area (Å²) in [6.45, 7) is 5.38. The molecule has 2 rings (SSSR count). The molecule has 0 saturated carbocycles. The van der Waals surface area contributed by atoms with Crippen LogP contribution in [-0.2, 0) is 11.5 Å². The van der Waals surface area contributed by atoms with E-state index >= 15 is 0 Å². The van der Waals surface area contributed by atoms with Gasteiger partial charge in [-0.25, -0.2) is 10.9 Å². The molecule has 186 valence electrons. The van der Waals surface area contributed by atoms with E-state index in [1.165, 1.54) is 0 Å². The van der Waals surface area contributed by atoms with Crippen molar-refractivity contribution >= 4 is 51.1 Å². The van der Waals surface area contributed by atoms with Gasteiger partial charge in [0.1, 0.15) is 0 Å². The quantitative estimate of drug-likeness (QED) is 0.253. The number of amides is 2. The Bertz CT molecular complexity index is 880. The minimum atomic E-state index is -0.726. The van der Waals surface area contributed by atoms with Crippen LogP contribution >= 0.6 is 35.7 Å². The van der Waals surface area contributed by atoms with Crippen molar-refractivity contribution in [1.29, 1.82) is 0 Å². The van der Waals surface area contributed by atoms with E-state index in [9.17, 15) is 9.59 Å². The van der Waals surface area contributed by atoms with Crippen LogP contribution in [-0.4, -0.2) is 74.7 Å². The highest BCUT2D eigenvalue weighted by Crippen LogP contribution is 2.38. The zero-order valence-electron chi connectivity index (χ0n) is 19.7. The average molecular weight is 523 g/mol. The van der Waals surface area contributed by atoms with Crippen LogP contribution in [0.15, 0.2) is 48.5 Å². The molecular weight excluding hydrogens is 488 g/mol. The van der Waals surface area contributed by atoms with E-state index in [1.54, 1.807) is 9.80 Å². The molecule has 0 radical (unpaired) electrons. The molecule has 2 aromatic rings. The Morgan fingerprint density at radius 1 is 0.794 bits per heavy atom. The third-order valence-electron chi connectivity index (χ3n) is 5.50. The van der Waals surface area contributed by atoms with E-state index in [4.69, 9.17) is 22.4 Å². The Balaban J connectivity index is 2.06. The standard InChI is InChI=1S/C25H34N2O4S3/c1-3-26(13-15-28)23(30)21-9-5-19(6-10-21)17-34(25(32)33)18-20-7-11-22(12-8-20)24(31)27(4-2)14-16-29/h5-12,28-29,34H,3-4,13-18H2,1-2H3,(H,32,33). The van der Waals surface area contributed by atoms with Crippen molar-refractivity contribution in [3.8, 4) is 0 Å². The zero-order valence-corrected chi connectivity index (χ0v) is 22.3.